The summed E-state index contributed by atoms with van der Waals surface area (Å²) in [6.45, 7) is 10.2. The molecule has 0 aliphatic rings. The highest BCUT2D eigenvalue weighted by atomic mass is 32.2. The van der Waals surface area contributed by atoms with E-state index < -0.39 is 14.6 Å². The zero-order chi connectivity index (χ0) is 14.4. The number of unbranched alkanes of at least 4 members (excludes halogenated alkanes) is 1. The lowest BCUT2D eigenvalue weighted by Gasteiger charge is -2.32. The van der Waals surface area contributed by atoms with E-state index in [2.05, 4.69) is 13.8 Å². The van der Waals surface area contributed by atoms with E-state index in [9.17, 15) is 8.42 Å². The molecule has 1 atom stereocenters. The third-order valence-corrected chi connectivity index (χ3v) is 6.69. The molecule has 0 heterocycles. The smallest absolute Gasteiger partial charge is 0.155 e. The molecule has 0 saturated heterocycles. The van der Waals surface area contributed by atoms with Crippen molar-refractivity contribution in [2.75, 3.05) is 12.3 Å². The Morgan fingerprint density at radius 1 is 1.06 bits per heavy atom. The summed E-state index contributed by atoms with van der Waals surface area (Å²) in [6, 6.07) is 0. The van der Waals surface area contributed by atoms with Crippen molar-refractivity contribution in [3.05, 3.63) is 0 Å². The van der Waals surface area contributed by atoms with Crippen LogP contribution in [-0.4, -0.2) is 25.5 Å². The SMILES string of the molecule is CCCCC(CC)(CN)CCS(=O)(=O)C(C)(C)C. The van der Waals surface area contributed by atoms with Gasteiger partial charge in [0.2, 0.25) is 0 Å². The normalized spacial score (nSPS) is 16.6. The van der Waals surface area contributed by atoms with E-state index in [-0.39, 0.29) is 11.2 Å². The maximum Gasteiger partial charge on any atom is 0.155 e. The fourth-order valence-electron chi connectivity index (χ4n) is 2.04. The molecule has 0 rings (SSSR count). The molecule has 0 bridgehead atoms. The van der Waals surface area contributed by atoms with Gasteiger partial charge in [-0.15, -0.1) is 0 Å². The van der Waals surface area contributed by atoms with Crippen LogP contribution in [0.2, 0.25) is 0 Å². The summed E-state index contributed by atoms with van der Waals surface area (Å²) >= 11 is 0. The van der Waals surface area contributed by atoms with Crippen LogP contribution >= 0.6 is 0 Å². The molecule has 110 valence electrons. The second-order valence-electron chi connectivity index (χ2n) is 6.34. The molecular weight excluding hydrogens is 246 g/mol. The van der Waals surface area contributed by atoms with Gasteiger partial charge in [0.25, 0.3) is 0 Å². The molecular formula is C14H31NO2S. The van der Waals surface area contributed by atoms with Gasteiger partial charge in [-0.25, -0.2) is 8.42 Å². The number of rotatable bonds is 8. The van der Waals surface area contributed by atoms with Gasteiger partial charge in [-0.1, -0.05) is 26.7 Å². The molecule has 0 saturated carbocycles. The Balaban J connectivity index is 4.73. The fourth-order valence-corrected chi connectivity index (χ4v) is 3.35. The Kier molecular flexibility index (Phi) is 6.86. The summed E-state index contributed by atoms with van der Waals surface area (Å²) in [4.78, 5) is 0. The van der Waals surface area contributed by atoms with E-state index in [1.165, 1.54) is 0 Å². The second-order valence-corrected chi connectivity index (χ2v) is 9.20. The topological polar surface area (TPSA) is 60.2 Å². The maximum absolute atomic E-state index is 12.2. The quantitative estimate of drug-likeness (QED) is 0.741. The minimum absolute atomic E-state index is 0.00826. The summed E-state index contributed by atoms with van der Waals surface area (Å²) in [5.41, 5.74) is 5.91. The first-order chi connectivity index (χ1) is 8.14. The predicted octanol–water partition coefficient (Wildman–Crippen LogP) is 3.14. The van der Waals surface area contributed by atoms with Gasteiger partial charge in [-0.2, -0.15) is 0 Å². The molecule has 0 amide bonds. The molecule has 1 unspecified atom stereocenters. The lowest BCUT2D eigenvalue weighted by molar-refractivity contribution is 0.243. The van der Waals surface area contributed by atoms with Gasteiger partial charge in [0, 0.05) is 0 Å². The first-order valence-electron chi connectivity index (χ1n) is 7.06. The van der Waals surface area contributed by atoms with Crippen molar-refractivity contribution in [3.8, 4) is 0 Å². The average Bonchev–Trinajstić information content (AvgIpc) is 2.29. The van der Waals surface area contributed by atoms with Crippen molar-refractivity contribution in [3.63, 3.8) is 0 Å². The van der Waals surface area contributed by atoms with E-state index >= 15 is 0 Å². The molecule has 0 radical (unpaired) electrons. The largest absolute Gasteiger partial charge is 0.330 e. The molecule has 4 heteroatoms. The summed E-state index contributed by atoms with van der Waals surface area (Å²) in [6.07, 6.45) is 4.95. The Hall–Kier alpha value is -0.0900. The fraction of sp³-hybridized carbons (Fsp3) is 1.00. The maximum atomic E-state index is 12.2. The van der Waals surface area contributed by atoms with Gasteiger partial charge < -0.3 is 5.73 Å². The molecule has 0 aromatic heterocycles. The van der Waals surface area contributed by atoms with Crippen LogP contribution in [0.25, 0.3) is 0 Å². The van der Waals surface area contributed by atoms with E-state index in [0.29, 0.717) is 13.0 Å². The molecule has 0 aromatic rings. The van der Waals surface area contributed by atoms with Crippen LogP contribution in [0.15, 0.2) is 0 Å². The molecule has 2 N–H and O–H groups in total. The lowest BCUT2D eigenvalue weighted by Crippen LogP contribution is -2.36. The van der Waals surface area contributed by atoms with Crippen molar-refractivity contribution >= 4 is 9.84 Å². The van der Waals surface area contributed by atoms with E-state index in [1.54, 1.807) is 20.8 Å². The van der Waals surface area contributed by atoms with Crippen LogP contribution in [0.3, 0.4) is 0 Å². The second kappa shape index (κ2) is 6.90. The monoisotopic (exact) mass is 277 g/mol. The Labute approximate surface area is 113 Å². The standard InChI is InChI=1S/C14H31NO2S/c1-6-8-9-14(7-2,12-15)10-11-18(16,17)13(3,4)5/h6-12,15H2,1-5H3. The third-order valence-electron chi connectivity index (χ3n) is 4.08. The van der Waals surface area contributed by atoms with Crippen molar-refractivity contribution in [2.45, 2.75) is 71.5 Å². The Morgan fingerprint density at radius 3 is 1.94 bits per heavy atom. The average molecular weight is 277 g/mol. The Bertz CT molecular complexity index is 324. The van der Waals surface area contributed by atoms with Crippen LogP contribution in [0, 0.1) is 5.41 Å². The highest BCUT2D eigenvalue weighted by Crippen LogP contribution is 2.33. The van der Waals surface area contributed by atoms with Crippen molar-refractivity contribution in [2.24, 2.45) is 11.1 Å². The van der Waals surface area contributed by atoms with Crippen LogP contribution < -0.4 is 5.73 Å². The zero-order valence-electron chi connectivity index (χ0n) is 12.8. The first kappa shape index (κ1) is 17.9. The molecule has 0 fully saturated rings. The van der Waals surface area contributed by atoms with E-state index in [1.807, 2.05) is 0 Å². The lowest BCUT2D eigenvalue weighted by atomic mass is 9.78. The molecule has 0 spiro atoms. The van der Waals surface area contributed by atoms with Crippen LogP contribution in [-0.2, 0) is 9.84 Å². The minimum atomic E-state index is -3.03. The van der Waals surface area contributed by atoms with Crippen molar-refractivity contribution in [1.29, 1.82) is 0 Å². The highest BCUT2D eigenvalue weighted by Gasteiger charge is 2.33. The molecule has 0 aromatic carbocycles. The minimum Gasteiger partial charge on any atom is -0.330 e. The summed E-state index contributed by atoms with van der Waals surface area (Å²) < 4.78 is 23.7. The Morgan fingerprint density at radius 2 is 1.61 bits per heavy atom. The van der Waals surface area contributed by atoms with Gasteiger partial charge >= 0.3 is 0 Å². The van der Waals surface area contributed by atoms with Gasteiger partial charge in [0.1, 0.15) is 0 Å². The van der Waals surface area contributed by atoms with Crippen LogP contribution in [0.1, 0.15) is 66.7 Å². The number of hydrogen-bond donors (Lipinski definition) is 1. The summed E-state index contributed by atoms with van der Waals surface area (Å²) in [5.74, 6) is 0.255. The molecule has 0 aliphatic heterocycles. The third kappa shape index (κ3) is 4.88. The number of sulfone groups is 1. The van der Waals surface area contributed by atoms with Crippen molar-refractivity contribution < 1.29 is 8.42 Å². The van der Waals surface area contributed by atoms with Crippen molar-refractivity contribution in [1.82, 2.24) is 0 Å². The van der Waals surface area contributed by atoms with Gasteiger partial charge in [-0.05, 0) is 52.0 Å². The molecule has 18 heavy (non-hydrogen) atoms. The molecule has 3 nitrogen and oxygen atoms in total. The number of hydrogen-bond acceptors (Lipinski definition) is 3. The summed E-state index contributed by atoms with van der Waals surface area (Å²) in [5, 5.41) is 0. The predicted molar refractivity (Wildman–Crippen MR) is 79.5 cm³/mol. The van der Waals surface area contributed by atoms with Gasteiger partial charge in [0.15, 0.2) is 9.84 Å². The van der Waals surface area contributed by atoms with Crippen LogP contribution in [0.5, 0.6) is 0 Å². The van der Waals surface area contributed by atoms with Gasteiger partial charge in [0.05, 0.1) is 10.5 Å². The summed E-state index contributed by atoms with van der Waals surface area (Å²) in [7, 11) is -3.03. The molecule has 0 aliphatic carbocycles. The first-order valence-corrected chi connectivity index (χ1v) is 8.72. The zero-order valence-corrected chi connectivity index (χ0v) is 13.6. The van der Waals surface area contributed by atoms with Gasteiger partial charge in [-0.3, -0.25) is 0 Å². The highest BCUT2D eigenvalue weighted by molar-refractivity contribution is 7.92. The van der Waals surface area contributed by atoms with E-state index in [0.717, 1.165) is 25.7 Å². The number of nitrogens with two attached hydrogens (primary N) is 1. The van der Waals surface area contributed by atoms with E-state index in [4.69, 9.17) is 5.73 Å². The van der Waals surface area contributed by atoms with Crippen LogP contribution in [0.4, 0.5) is 0 Å².